The van der Waals surface area contributed by atoms with E-state index in [0.29, 0.717) is 23.8 Å². The van der Waals surface area contributed by atoms with Crippen molar-refractivity contribution in [1.29, 1.82) is 0 Å². The highest BCUT2D eigenvalue weighted by Gasteiger charge is 2.41. The largest absolute Gasteiger partial charge is 0.416 e. The first-order chi connectivity index (χ1) is 15.4. The van der Waals surface area contributed by atoms with E-state index in [-0.39, 0.29) is 18.1 Å². The highest BCUT2D eigenvalue weighted by molar-refractivity contribution is 7.89. The number of alkyl halides is 3. The molecule has 33 heavy (non-hydrogen) atoms. The number of rotatable bonds is 5. The second-order valence-corrected chi connectivity index (χ2v) is 9.69. The first-order valence-corrected chi connectivity index (χ1v) is 11.3. The van der Waals surface area contributed by atoms with Gasteiger partial charge in [-0.25, -0.2) is 22.2 Å². The molecule has 1 fully saturated rings. The molecule has 4 rings (SSSR count). The Morgan fingerprint density at radius 1 is 1.06 bits per heavy atom. The van der Waals surface area contributed by atoms with Crippen molar-refractivity contribution >= 4 is 15.7 Å². The molecule has 1 N–H and O–H groups in total. The van der Waals surface area contributed by atoms with Gasteiger partial charge in [-0.2, -0.15) is 17.5 Å². The molecule has 0 radical (unpaired) electrons. The fourth-order valence-corrected chi connectivity index (χ4v) is 5.28. The average Bonchev–Trinajstić information content (AvgIpc) is 3.37. The van der Waals surface area contributed by atoms with Crippen molar-refractivity contribution in [3.8, 4) is 0 Å². The van der Waals surface area contributed by atoms with Crippen LogP contribution in [0, 0.1) is 11.6 Å². The molecule has 2 atom stereocenters. The van der Waals surface area contributed by atoms with E-state index in [2.05, 4.69) is 10.3 Å². The highest BCUT2D eigenvalue weighted by Crippen LogP contribution is 2.36. The van der Waals surface area contributed by atoms with Crippen molar-refractivity contribution in [2.75, 3.05) is 18.4 Å². The number of nitrogens with one attached hydrogen (secondary N) is 1. The number of hydrogen-bond donors (Lipinski definition) is 1. The lowest BCUT2D eigenvalue weighted by molar-refractivity contribution is -0.137. The van der Waals surface area contributed by atoms with E-state index in [1.165, 1.54) is 41.4 Å². The van der Waals surface area contributed by atoms with E-state index in [9.17, 15) is 30.4 Å². The van der Waals surface area contributed by atoms with Gasteiger partial charge in [0, 0.05) is 38.3 Å². The molecule has 1 aromatic heterocycles. The minimum Gasteiger partial charge on any atom is -0.378 e. The number of hydrogen-bond acceptors (Lipinski definition) is 4. The lowest BCUT2D eigenvalue weighted by atomic mass is 9.94. The van der Waals surface area contributed by atoms with E-state index in [0.717, 1.165) is 4.31 Å². The summed E-state index contributed by atoms with van der Waals surface area (Å²) in [4.78, 5) is 3.88. The molecule has 0 aliphatic carbocycles. The van der Waals surface area contributed by atoms with Crippen molar-refractivity contribution in [2.24, 2.45) is 7.05 Å². The average molecular weight is 486 g/mol. The minimum atomic E-state index is -4.68. The molecule has 12 heteroatoms. The lowest BCUT2D eigenvalue weighted by Gasteiger charge is -2.22. The van der Waals surface area contributed by atoms with Gasteiger partial charge in [0.05, 0.1) is 17.6 Å². The zero-order valence-electron chi connectivity index (χ0n) is 17.2. The summed E-state index contributed by atoms with van der Waals surface area (Å²) in [7, 11) is -2.41. The van der Waals surface area contributed by atoms with E-state index in [4.69, 9.17) is 0 Å². The van der Waals surface area contributed by atoms with Crippen LogP contribution in [0.4, 0.5) is 27.6 Å². The molecule has 0 amide bonds. The Hall–Kier alpha value is -2.99. The van der Waals surface area contributed by atoms with Crippen LogP contribution in [-0.4, -0.2) is 41.4 Å². The van der Waals surface area contributed by atoms with Crippen LogP contribution in [0.1, 0.15) is 17.0 Å². The van der Waals surface area contributed by atoms with Gasteiger partial charge in [0.2, 0.25) is 0 Å². The molecule has 2 aromatic carbocycles. The number of benzene rings is 2. The number of imidazole rings is 1. The molecule has 1 aliphatic heterocycles. The van der Waals surface area contributed by atoms with Crippen LogP contribution in [0.15, 0.2) is 60.0 Å². The summed E-state index contributed by atoms with van der Waals surface area (Å²) in [5, 5.41) is 2.56. The Morgan fingerprint density at radius 3 is 2.36 bits per heavy atom. The van der Waals surface area contributed by atoms with Gasteiger partial charge in [0.1, 0.15) is 11.6 Å². The highest BCUT2D eigenvalue weighted by atomic mass is 32.2. The van der Waals surface area contributed by atoms with E-state index in [1.807, 2.05) is 0 Å². The maximum absolute atomic E-state index is 14.4. The van der Waals surface area contributed by atoms with Crippen molar-refractivity contribution in [1.82, 2.24) is 13.9 Å². The Kier molecular flexibility index (Phi) is 5.91. The van der Waals surface area contributed by atoms with Gasteiger partial charge in [-0.05, 0) is 35.9 Å². The van der Waals surface area contributed by atoms with Crippen molar-refractivity contribution in [2.45, 2.75) is 23.2 Å². The third-order valence-corrected chi connectivity index (χ3v) is 7.22. The Balaban J connectivity index is 1.69. The van der Waals surface area contributed by atoms with E-state index >= 15 is 0 Å². The summed E-state index contributed by atoms with van der Waals surface area (Å²) in [6.07, 6.45) is -2.02. The van der Waals surface area contributed by atoms with Gasteiger partial charge < -0.3 is 9.88 Å². The minimum absolute atomic E-state index is 0.0528. The van der Waals surface area contributed by atoms with Gasteiger partial charge >= 0.3 is 6.18 Å². The molecular weight excluding hydrogens is 467 g/mol. The van der Waals surface area contributed by atoms with Crippen LogP contribution in [0.25, 0.3) is 0 Å². The van der Waals surface area contributed by atoms with Crippen LogP contribution in [0.5, 0.6) is 0 Å². The van der Waals surface area contributed by atoms with E-state index in [1.54, 1.807) is 7.05 Å². The summed E-state index contributed by atoms with van der Waals surface area (Å²) >= 11 is 0. The van der Waals surface area contributed by atoms with Crippen molar-refractivity contribution < 1.29 is 30.4 Å². The molecule has 6 nitrogen and oxygen atoms in total. The van der Waals surface area contributed by atoms with E-state index < -0.39 is 51.0 Å². The predicted octanol–water partition coefficient (Wildman–Crippen LogP) is 3.99. The van der Waals surface area contributed by atoms with Crippen LogP contribution < -0.4 is 5.32 Å². The van der Waals surface area contributed by atoms with Crippen molar-refractivity contribution in [3.05, 3.63) is 77.8 Å². The summed E-state index contributed by atoms with van der Waals surface area (Å²) in [5.74, 6) is -1.99. The number of sulfonamides is 1. The smallest absolute Gasteiger partial charge is 0.378 e. The molecule has 1 aliphatic rings. The fraction of sp³-hybridized carbons (Fsp3) is 0.286. The Bertz CT molecular complexity index is 1260. The first-order valence-electron chi connectivity index (χ1n) is 9.82. The first kappa shape index (κ1) is 23.2. The van der Waals surface area contributed by atoms with Gasteiger partial charge in [0.15, 0.2) is 5.03 Å². The number of halogens is 5. The molecule has 3 aromatic rings. The maximum Gasteiger partial charge on any atom is 0.416 e. The summed E-state index contributed by atoms with van der Waals surface area (Å²) in [6, 6.07) is 6.53. The van der Waals surface area contributed by atoms with Crippen LogP contribution >= 0.6 is 0 Å². The second kappa shape index (κ2) is 8.41. The molecule has 0 unspecified atom stereocenters. The van der Waals surface area contributed by atoms with Gasteiger partial charge in [-0.3, -0.25) is 0 Å². The standard InChI is InChI=1S/C21H19F5N4O2S/c1-29-11-20(27-12-29)33(31,32)30-9-16(13-2-5-15(22)6-3-13)19(10-30)28-18-8-14(21(24,25)26)4-7-17(18)23/h2-8,11-12,16,19,28H,9-10H2,1H3/t16-,19+/m1/s1. The summed E-state index contributed by atoms with van der Waals surface area (Å²) in [5.41, 5.74) is -0.889. The molecular formula is C21H19F5N4O2S. The predicted molar refractivity (Wildman–Crippen MR) is 110 cm³/mol. The number of anilines is 1. The van der Waals surface area contributed by atoms with Crippen molar-refractivity contribution in [3.63, 3.8) is 0 Å². The lowest BCUT2D eigenvalue weighted by Crippen LogP contribution is -2.32. The molecule has 0 bridgehead atoms. The van der Waals surface area contributed by atoms with Crippen LogP contribution in [0.2, 0.25) is 0 Å². The molecule has 2 heterocycles. The summed E-state index contributed by atoms with van der Waals surface area (Å²) < 4.78 is 95.9. The number of nitrogens with zero attached hydrogens (tertiary/aromatic N) is 3. The topological polar surface area (TPSA) is 67.2 Å². The zero-order valence-corrected chi connectivity index (χ0v) is 18.0. The SMILES string of the molecule is Cn1cnc(S(=O)(=O)N2C[C@H](Nc3cc(C(F)(F)F)ccc3F)[C@@H](c3ccc(F)cc3)C2)c1. The third-order valence-electron chi connectivity index (χ3n) is 5.50. The fourth-order valence-electron chi connectivity index (χ4n) is 3.82. The third kappa shape index (κ3) is 4.71. The summed E-state index contributed by atoms with van der Waals surface area (Å²) in [6.45, 7) is -0.209. The molecule has 0 spiro atoms. The normalized spacial score (nSPS) is 19.7. The Labute approximate surface area is 186 Å². The monoisotopic (exact) mass is 486 g/mol. The Morgan fingerprint density at radius 2 is 1.76 bits per heavy atom. The molecule has 176 valence electrons. The maximum atomic E-state index is 14.4. The van der Waals surface area contributed by atoms with Crippen LogP contribution in [0.3, 0.4) is 0 Å². The van der Waals surface area contributed by atoms with Gasteiger partial charge in [-0.1, -0.05) is 12.1 Å². The molecule has 1 saturated heterocycles. The van der Waals surface area contributed by atoms with Gasteiger partial charge in [0.25, 0.3) is 10.0 Å². The zero-order chi connectivity index (χ0) is 24.0. The second-order valence-electron chi connectivity index (χ2n) is 7.80. The number of aryl methyl sites for hydroxylation is 1. The quantitative estimate of drug-likeness (QED) is 0.554. The molecule has 0 saturated carbocycles. The van der Waals surface area contributed by atoms with Gasteiger partial charge in [-0.15, -0.1) is 0 Å². The number of aromatic nitrogens is 2. The van der Waals surface area contributed by atoms with Crippen LogP contribution in [-0.2, 0) is 23.2 Å².